The summed E-state index contributed by atoms with van der Waals surface area (Å²) in [5.74, 6) is -1.07. The highest BCUT2D eigenvalue weighted by Crippen LogP contribution is 2.40. The number of rotatable bonds is 2. The number of hydrogen-bond acceptors (Lipinski definition) is 4. The van der Waals surface area contributed by atoms with E-state index in [2.05, 4.69) is 15.9 Å². The molecule has 1 aliphatic heterocycles. The van der Waals surface area contributed by atoms with Crippen LogP contribution in [0.1, 0.15) is 15.9 Å². The van der Waals surface area contributed by atoms with Crippen LogP contribution in [0.4, 0.5) is 0 Å². The van der Waals surface area contributed by atoms with E-state index in [4.69, 9.17) is 5.11 Å². The third kappa shape index (κ3) is 1.90. The summed E-state index contributed by atoms with van der Waals surface area (Å²) in [6, 6.07) is 2.71. The van der Waals surface area contributed by atoms with E-state index in [9.17, 15) is 13.2 Å². The standard InChI is InChI=1S/C10H9BrO4S2/c1-16-8-4-6-7(17(8,14)15)3-2-5(9(6)11)10(12)13/h2-3,8H,4H2,1H3,(H,12,13). The summed E-state index contributed by atoms with van der Waals surface area (Å²) in [6.45, 7) is 0. The van der Waals surface area contributed by atoms with Gasteiger partial charge in [-0.2, -0.15) is 0 Å². The first-order chi connectivity index (χ1) is 7.89. The summed E-state index contributed by atoms with van der Waals surface area (Å²) in [6.07, 6.45) is 2.08. The van der Waals surface area contributed by atoms with Crippen molar-refractivity contribution in [1.29, 1.82) is 0 Å². The van der Waals surface area contributed by atoms with E-state index in [1.54, 1.807) is 6.26 Å². The van der Waals surface area contributed by atoms with Gasteiger partial charge in [0.25, 0.3) is 0 Å². The molecule has 1 heterocycles. The summed E-state index contributed by atoms with van der Waals surface area (Å²) in [5, 5.41) is 8.97. The minimum absolute atomic E-state index is 0.0979. The maximum Gasteiger partial charge on any atom is 0.336 e. The van der Waals surface area contributed by atoms with Crippen LogP contribution in [-0.4, -0.2) is 30.3 Å². The molecule has 0 aliphatic carbocycles. The number of thioether (sulfide) groups is 1. The van der Waals surface area contributed by atoms with E-state index in [1.807, 2.05) is 0 Å². The molecule has 2 rings (SSSR count). The van der Waals surface area contributed by atoms with Crippen LogP contribution in [0.5, 0.6) is 0 Å². The Morgan fingerprint density at radius 1 is 1.53 bits per heavy atom. The lowest BCUT2D eigenvalue weighted by atomic mass is 10.1. The van der Waals surface area contributed by atoms with E-state index in [1.165, 1.54) is 23.9 Å². The zero-order valence-electron chi connectivity index (χ0n) is 8.81. The number of carbonyl (C=O) groups is 1. The maximum absolute atomic E-state index is 12.1. The number of fused-ring (bicyclic) bond motifs is 1. The van der Waals surface area contributed by atoms with Crippen LogP contribution < -0.4 is 0 Å². The summed E-state index contributed by atoms with van der Waals surface area (Å²) < 4.78 is 24.0. The highest BCUT2D eigenvalue weighted by Gasteiger charge is 2.38. The van der Waals surface area contributed by atoms with Gasteiger partial charge in [0.05, 0.1) is 10.5 Å². The lowest BCUT2D eigenvalue weighted by Gasteiger charge is -2.04. The molecule has 0 saturated carbocycles. The van der Waals surface area contributed by atoms with Gasteiger partial charge in [-0.05, 0) is 39.9 Å². The molecule has 0 saturated heterocycles. The molecule has 1 N–H and O–H groups in total. The molecule has 0 aromatic heterocycles. The molecular formula is C10H9BrO4S2. The number of hydrogen-bond donors (Lipinski definition) is 1. The van der Waals surface area contributed by atoms with Crippen molar-refractivity contribution in [3.05, 3.63) is 27.7 Å². The molecule has 0 radical (unpaired) electrons. The highest BCUT2D eigenvalue weighted by atomic mass is 79.9. The van der Waals surface area contributed by atoms with Crippen LogP contribution in [0.25, 0.3) is 0 Å². The summed E-state index contributed by atoms with van der Waals surface area (Å²) in [4.78, 5) is 11.2. The van der Waals surface area contributed by atoms with Gasteiger partial charge in [0.2, 0.25) is 0 Å². The van der Waals surface area contributed by atoms with Crippen molar-refractivity contribution in [2.24, 2.45) is 0 Å². The zero-order valence-corrected chi connectivity index (χ0v) is 12.0. The average Bonchev–Trinajstić information content (AvgIpc) is 2.51. The van der Waals surface area contributed by atoms with Gasteiger partial charge >= 0.3 is 5.97 Å². The Labute approximate surface area is 111 Å². The van der Waals surface area contributed by atoms with Crippen molar-refractivity contribution in [3.63, 3.8) is 0 Å². The van der Waals surface area contributed by atoms with Crippen LogP contribution in [0.15, 0.2) is 21.5 Å². The van der Waals surface area contributed by atoms with E-state index < -0.39 is 20.4 Å². The molecule has 1 atom stereocenters. The Morgan fingerprint density at radius 2 is 2.18 bits per heavy atom. The zero-order chi connectivity index (χ0) is 12.8. The molecular weight excluding hydrogens is 328 g/mol. The molecule has 0 fully saturated rings. The molecule has 7 heteroatoms. The van der Waals surface area contributed by atoms with Gasteiger partial charge in [-0.3, -0.25) is 0 Å². The predicted molar refractivity (Wildman–Crippen MR) is 69.3 cm³/mol. The first-order valence-electron chi connectivity index (χ1n) is 4.71. The molecule has 1 aromatic rings. The molecule has 0 amide bonds. The SMILES string of the molecule is CSC1Cc2c(ccc(C(=O)O)c2Br)S1(=O)=O. The van der Waals surface area contributed by atoms with Gasteiger partial charge in [-0.1, -0.05) is 0 Å². The topological polar surface area (TPSA) is 71.4 Å². The normalized spacial score (nSPS) is 21.2. The number of carboxylic acid groups (broad SMARTS) is 1. The van der Waals surface area contributed by atoms with Crippen molar-refractivity contribution in [2.45, 2.75) is 15.9 Å². The fraction of sp³-hybridized carbons (Fsp3) is 0.300. The number of benzene rings is 1. The second-order valence-corrected chi connectivity index (χ2v) is 7.85. The van der Waals surface area contributed by atoms with Gasteiger partial charge in [0.15, 0.2) is 9.84 Å². The summed E-state index contributed by atoms with van der Waals surface area (Å²) in [7, 11) is -3.32. The largest absolute Gasteiger partial charge is 0.478 e. The minimum atomic E-state index is -3.32. The quantitative estimate of drug-likeness (QED) is 0.896. The van der Waals surface area contributed by atoms with Crippen molar-refractivity contribution >= 4 is 43.5 Å². The Bertz CT molecular complexity index is 595. The van der Waals surface area contributed by atoms with Crippen molar-refractivity contribution in [1.82, 2.24) is 0 Å². The maximum atomic E-state index is 12.1. The fourth-order valence-corrected chi connectivity index (χ4v) is 5.78. The van der Waals surface area contributed by atoms with Crippen LogP contribution in [0, 0.1) is 0 Å². The Kier molecular flexibility index (Phi) is 3.26. The molecule has 0 spiro atoms. The molecule has 0 bridgehead atoms. The van der Waals surface area contributed by atoms with Gasteiger partial charge in [0.1, 0.15) is 4.58 Å². The van der Waals surface area contributed by atoms with Crippen molar-refractivity contribution in [2.75, 3.05) is 6.26 Å². The third-order valence-electron chi connectivity index (χ3n) is 2.72. The molecule has 1 aromatic carbocycles. The summed E-state index contributed by atoms with van der Waals surface area (Å²) in [5.41, 5.74) is 0.671. The fourth-order valence-electron chi connectivity index (χ4n) is 1.85. The Hall–Kier alpha value is -0.530. The number of sulfone groups is 1. The Morgan fingerprint density at radius 3 is 2.71 bits per heavy atom. The first kappa shape index (κ1) is 12.9. The first-order valence-corrected chi connectivity index (χ1v) is 8.33. The highest BCUT2D eigenvalue weighted by molar-refractivity contribution is 9.10. The monoisotopic (exact) mass is 336 g/mol. The lowest BCUT2D eigenvalue weighted by Crippen LogP contribution is -2.11. The second-order valence-electron chi connectivity index (χ2n) is 3.62. The van der Waals surface area contributed by atoms with Gasteiger partial charge in [-0.25, -0.2) is 13.2 Å². The lowest BCUT2D eigenvalue weighted by molar-refractivity contribution is 0.0695. The molecule has 92 valence electrons. The number of halogens is 1. The average molecular weight is 337 g/mol. The van der Waals surface area contributed by atoms with Crippen LogP contribution in [0.2, 0.25) is 0 Å². The molecule has 4 nitrogen and oxygen atoms in total. The van der Waals surface area contributed by atoms with E-state index in [-0.39, 0.29) is 10.5 Å². The van der Waals surface area contributed by atoms with E-state index >= 15 is 0 Å². The van der Waals surface area contributed by atoms with E-state index in [0.717, 1.165) is 0 Å². The molecule has 17 heavy (non-hydrogen) atoms. The summed E-state index contributed by atoms with van der Waals surface area (Å²) >= 11 is 4.45. The van der Waals surface area contributed by atoms with E-state index in [0.29, 0.717) is 16.5 Å². The van der Waals surface area contributed by atoms with Crippen molar-refractivity contribution in [3.8, 4) is 0 Å². The van der Waals surface area contributed by atoms with Gasteiger partial charge in [-0.15, -0.1) is 11.8 Å². The third-order valence-corrected chi connectivity index (χ3v) is 7.51. The number of aromatic carboxylic acids is 1. The van der Waals surface area contributed by atoms with Gasteiger partial charge in [0, 0.05) is 10.9 Å². The van der Waals surface area contributed by atoms with Crippen LogP contribution in [0.3, 0.4) is 0 Å². The van der Waals surface area contributed by atoms with Crippen LogP contribution >= 0.6 is 27.7 Å². The second kappa shape index (κ2) is 4.29. The van der Waals surface area contributed by atoms with Crippen LogP contribution in [-0.2, 0) is 16.3 Å². The predicted octanol–water partition coefficient (Wildman–Crippen LogP) is 2.17. The Balaban J connectivity index is 2.67. The smallest absolute Gasteiger partial charge is 0.336 e. The number of carboxylic acids is 1. The van der Waals surface area contributed by atoms with Crippen molar-refractivity contribution < 1.29 is 18.3 Å². The molecule has 1 aliphatic rings. The molecule has 1 unspecified atom stereocenters. The minimum Gasteiger partial charge on any atom is -0.478 e. The van der Waals surface area contributed by atoms with Gasteiger partial charge < -0.3 is 5.11 Å².